The Bertz CT molecular complexity index is 892. The van der Waals surface area contributed by atoms with Crippen molar-refractivity contribution in [1.29, 1.82) is 0 Å². The Morgan fingerprint density at radius 2 is 1.78 bits per heavy atom. The third-order valence-electron chi connectivity index (χ3n) is 6.95. The van der Waals surface area contributed by atoms with Crippen molar-refractivity contribution in [3.8, 4) is 0 Å². The highest BCUT2D eigenvalue weighted by Crippen LogP contribution is 2.34. The molecule has 0 aromatic heterocycles. The highest BCUT2D eigenvalue weighted by Gasteiger charge is 2.37. The molecule has 4 rings (SSSR count). The predicted octanol–water partition coefficient (Wildman–Crippen LogP) is 4.73. The lowest BCUT2D eigenvalue weighted by Crippen LogP contribution is -2.54. The Morgan fingerprint density at radius 1 is 1.06 bits per heavy atom. The summed E-state index contributed by atoms with van der Waals surface area (Å²) >= 11 is 0. The number of halogens is 1. The number of unbranched alkanes of at least 4 members (excludes halogenated alkanes) is 1. The average Bonchev–Trinajstić information content (AvgIpc) is 3.17. The van der Waals surface area contributed by atoms with Crippen LogP contribution in [0.4, 0.5) is 10.1 Å². The molecule has 2 atom stereocenters. The molecule has 1 saturated heterocycles. The zero-order chi connectivity index (χ0) is 22.5. The molecule has 172 valence electrons. The minimum atomic E-state index is -0.231. The van der Waals surface area contributed by atoms with E-state index in [9.17, 15) is 9.18 Å². The molecule has 0 N–H and O–H groups in total. The van der Waals surface area contributed by atoms with Crippen molar-refractivity contribution < 1.29 is 9.18 Å². The van der Waals surface area contributed by atoms with Gasteiger partial charge in [0.05, 0.1) is 0 Å². The molecule has 1 fully saturated rings. The number of rotatable bonds is 8. The van der Waals surface area contributed by atoms with Gasteiger partial charge in [0.15, 0.2) is 0 Å². The quantitative estimate of drug-likeness (QED) is 0.598. The summed E-state index contributed by atoms with van der Waals surface area (Å²) in [6.07, 6.45) is 4.58. The Hall–Kier alpha value is -2.40. The number of benzene rings is 2. The number of para-hydroxylation sites is 1. The highest BCUT2D eigenvalue weighted by atomic mass is 19.1. The van der Waals surface area contributed by atoms with Crippen LogP contribution < -0.4 is 4.90 Å². The van der Waals surface area contributed by atoms with Crippen LogP contribution in [0.25, 0.3) is 0 Å². The van der Waals surface area contributed by atoms with Crippen molar-refractivity contribution in [3.05, 3.63) is 65.5 Å². The average molecular weight is 438 g/mol. The van der Waals surface area contributed by atoms with Crippen LogP contribution in [0.2, 0.25) is 0 Å². The molecular weight excluding hydrogens is 401 g/mol. The number of fused-ring (bicyclic) bond motifs is 1. The third-order valence-corrected chi connectivity index (χ3v) is 6.95. The zero-order valence-electron chi connectivity index (χ0n) is 19.5. The molecule has 5 heteroatoms. The molecular formula is C27H36FN3O. The van der Waals surface area contributed by atoms with Crippen molar-refractivity contribution in [2.24, 2.45) is 5.92 Å². The van der Waals surface area contributed by atoms with E-state index in [0.29, 0.717) is 12.5 Å². The molecule has 2 heterocycles. The number of carbonyl (C=O) groups is 1. The molecule has 2 aromatic rings. The van der Waals surface area contributed by atoms with Gasteiger partial charge in [-0.25, -0.2) is 4.39 Å². The molecule has 0 saturated carbocycles. The van der Waals surface area contributed by atoms with E-state index in [4.69, 9.17) is 0 Å². The number of anilines is 1. The minimum Gasteiger partial charge on any atom is -0.355 e. The maximum Gasteiger partial charge on any atom is 0.245 e. The predicted molar refractivity (Wildman–Crippen MR) is 128 cm³/mol. The standard InChI is InChI=1S/C27H36FN3O/c1-3-4-7-21(2)19-29-14-16-30(17-15-29)27(32)26-18-23-8-5-6-9-25(23)31(26)20-22-10-12-24(28)13-11-22/h5-6,8-13,21,26H,3-4,7,14-20H2,1-2H3. The summed E-state index contributed by atoms with van der Waals surface area (Å²) in [5.74, 6) is 0.708. The molecule has 2 aliphatic heterocycles. The third kappa shape index (κ3) is 5.32. The summed E-state index contributed by atoms with van der Waals surface area (Å²) in [5, 5.41) is 0. The van der Waals surface area contributed by atoms with Gasteiger partial charge in [-0.1, -0.05) is 57.0 Å². The van der Waals surface area contributed by atoms with Crippen molar-refractivity contribution in [1.82, 2.24) is 9.80 Å². The van der Waals surface area contributed by atoms with Gasteiger partial charge < -0.3 is 9.80 Å². The van der Waals surface area contributed by atoms with E-state index in [1.54, 1.807) is 0 Å². The fraction of sp³-hybridized carbons (Fsp3) is 0.519. The second-order valence-corrected chi connectivity index (χ2v) is 9.48. The SMILES string of the molecule is CCCCC(C)CN1CCN(C(=O)C2Cc3ccccc3N2Cc2ccc(F)cc2)CC1. The van der Waals surface area contributed by atoms with Crippen LogP contribution in [0.15, 0.2) is 48.5 Å². The Balaban J connectivity index is 1.40. The molecule has 2 aromatic carbocycles. The van der Waals surface area contributed by atoms with Crippen LogP contribution in [0.3, 0.4) is 0 Å². The molecule has 2 aliphatic rings. The Morgan fingerprint density at radius 3 is 2.50 bits per heavy atom. The summed E-state index contributed by atoms with van der Waals surface area (Å²) in [6.45, 7) is 9.86. The largest absolute Gasteiger partial charge is 0.355 e. The van der Waals surface area contributed by atoms with Crippen LogP contribution in [0.5, 0.6) is 0 Å². The van der Waals surface area contributed by atoms with Gasteiger partial charge in [-0.2, -0.15) is 0 Å². The molecule has 4 nitrogen and oxygen atoms in total. The van der Waals surface area contributed by atoms with Crippen molar-refractivity contribution in [2.75, 3.05) is 37.6 Å². The number of hydrogen-bond acceptors (Lipinski definition) is 3. The number of carbonyl (C=O) groups excluding carboxylic acids is 1. The second kappa shape index (κ2) is 10.5. The smallest absolute Gasteiger partial charge is 0.245 e. The number of piperazine rings is 1. The van der Waals surface area contributed by atoms with E-state index < -0.39 is 0 Å². The van der Waals surface area contributed by atoms with Gasteiger partial charge in [0, 0.05) is 51.4 Å². The molecule has 1 amide bonds. The first-order chi connectivity index (χ1) is 15.5. The minimum absolute atomic E-state index is 0.188. The maximum atomic E-state index is 13.6. The van der Waals surface area contributed by atoms with Gasteiger partial charge in [0.1, 0.15) is 11.9 Å². The van der Waals surface area contributed by atoms with E-state index in [2.05, 4.69) is 40.7 Å². The van der Waals surface area contributed by atoms with Crippen LogP contribution >= 0.6 is 0 Å². The topological polar surface area (TPSA) is 26.8 Å². The number of amides is 1. The molecule has 0 bridgehead atoms. The molecule has 0 spiro atoms. The number of nitrogens with zero attached hydrogens (tertiary/aromatic N) is 3. The highest BCUT2D eigenvalue weighted by molar-refractivity contribution is 5.88. The lowest BCUT2D eigenvalue weighted by molar-refractivity contribution is -0.134. The van der Waals surface area contributed by atoms with Gasteiger partial charge in [-0.3, -0.25) is 9.69 Å². The van der Waals surface area contributed by atoms with E-state index in [-0.39, 0.29) is 17.8 Å². The van der Waals surface area contributed by atoms with Gasteiger partial charge in [-0.05, 0) is 41.7 Å². The number of hydrogen-bond donors (Lipinski definition) is 0. The van der Waals surface area contributed by atoms with Crippen molar-refractivity contribution in [2.45, 2.75) is 52.1 Å². The lowest BCUT2D eigenvalue weighted by Gasteiger charge is -2.38. The molecule has 0 aliphatic carbocycles. The van der Waals surface area contributed by atoms with Crippen molar-refractivity contribution in [3.63, 3.8) is 0 Å². The van der Waals surface area contributed by atoms with E-state index in [0.717, 1.165) is 50.4 Å². The fourth-order valence-electron chi connectivity index (χ4n) is 5.10. The molecule has 2 unspecified atom stereocenters. The van der Waals surface area contributed by atoms with Crippen LogP contribution in [0, 0.1) is 11.7 Å². The van der Waals surface area contributed by atoms with Gasteiger partial charge in [0.25, 0.3) is 0 Å². The molecule has 0 radical (unpaired) electrons. The normalized spacial score (nSPS) is 19.8. The molecule has 32 heavy (non-hydrogen) atoms. The zero-order valence-corrected chi connectivity index (χ0v) is 19.5. The summed E-state index contributed by atoms with van der Waals surface area (Å²) < 4.78 is 13.4. The first-order valence-electron chi connectivity index (χ1n) is 12.1. The summed E-state index contributed by atoms with van der Waals surface area (Å²) in [7, 11) is 0. The second-order valence-electron chi connectivity index (χ2n) is 9.48. The Kier molecular flexibility index (Phi) is 7.46. The van der Waals surface area contributed by atoms with Crippen LogP contribution in [0.1, 0.15) is 44.2 Å². The van der Waals surface area contributed by atoms with Gasteiger partial charge in [0.2, 0.25) is 5.91 Å². The summed E-state index contributed by atoms with van der Waals surface area (Å²) in [6, 6.07) is 14.7. The first kappa shape index (κ1) is 22.8. The van der Waals surface area contributed by atoms with Crippen LogP contribution in [-0.4, -0.2) is 54.5 Å². The fourth-order valence-corrected chi connectivity index (χ4v) is 5.10. The lowest BCUT2D eigenvalue weighted by atomic mass is 10.0. The first-order valence-corrected chi connectivity index (χ1v) is 12.1. The van der Waals surface area contributed by atoms with Crippen molar-refractivity contribution >= 4 is 11.6 Å². The van der Waals surface area contributed by atoms with E-state index >= 15 is 0 Å². The van der Waals surface area contributed by atoms with Gasteiger partial charge >= 0.3 is 0 Å². The van der Waals surface area contributed by atoms with E-state index in [1.165, 1.54) is 37.0 Å². The Labute approximate surface area is 192 Å². The summed E-state index contributed by atoms with van der Waals surface area (Å²) in [5.41, 5.74) is 3.36. The van der Waals surface area contributed by atoms with Crippen LogP contribution in [-0.2, 0) is 17.8 Å². The van der Waals surface area contributed by atoms with E-state index in [1.807, 2.05) is 24.3 Å². The monoisotopic (exact) mass is 437 g/mol. The van der Waals surface area contributed by atoms with Gasteiger partial charge in [-0.15, -0.1) is 0 Å². The maximum absolute atomic E-state index is 13.6. The summed E-state index contributed by atoms with van der Waals surface area (Å²) in [4.78, 5) is 20.4.